The van der Waals surface area contributed by atoms with Crippen molar-refractivity contribution in [3.8, 4) is 0 Å². The SMILES string of the molecule is COSCCCN(CCN/C(=N/C(C)C)NC(C)C)/C(=N\C(C)C)NC(C)C. The summed E-state index contributed by atoms with van der Waals surface area (Å²) < 4.78 is 5.12. The number of nitrogens with zero attached hydrogens (tertiary/aromatic N) is 3. The van der Waals surface area contributed by atoms with Gasteiger partial charge in [0.1, 0.15) is 0 Å². The van der Waals surface area contributed by atoms with Crippen molar-refractivity contribution in [2.75, 3.05) is 32.5 Å². The van der Waals surface area contributed by atoms with E-state index in [1.165, 1.54) is 12.0 Å². The van der Waals surface area contributed by atoms with Crippen molar-refractivity contribution in [1.29, 1.82) is 0 Å². The highest BCUT2D eigenvalue weighted by Crippen LogP contribution is 2.04. The highest BCUT2D eigenvalue weighted by Gasteiger charge is 2.14. The van der Waals surface area contributed by atoms with Crippen LogP contribution in [0.5, 0.6) is 0 Å². The van der Waals surface area contributed by atoms with Gasteiger partial charge < -0.3 is 25.0 Å². The van der Waals surface area contributed by atoms with Crippen LogP contribution in [-0.4, -0.2) is 73.5 Å². The lowest BCUT2D eigenvalue weighted by Crippen LogP contribution is -2.49. The van der Waals surface area contributed by atoms with Gasteiger partial charge in [0.15, 0.2) is 11.9 Å². The van der Waals surface area contributed by atoms with Gasteiger partial charge >= 0.3 is 0 Å². The normalized spacial score (nSPS) is 13.0. The Bertz CT molecular complexity index is 452. The first kappa shape index (κ1) is 26.9. The van der Waals surface area contributed by atoms with E-state index >= 15 is 0 Å². The van der Waals surface area contributed by atoms with Gasteiger partial charge in [-0.25, -0.2) is 0 Å². The first-order valence-electron chi connectivity index (χ1n) is 10.5. The molecule has 0 aromatic heterocycles. The summed E-state index contributed by atoms with van der Waals surface area (Å²) in [6.07, 6.45) is 1.03. The van der Waals surface area contributed by atoms with Gasteiger partial charge in [-0.15, -0.1) is 0 Å². The van der Waals surface area contributed by atoms with Gasteiger partial charge in [0.05, 0.1) is 7.11 Å². The molecule has 0 aliphatic rings. The van der Waals surface area contributed by atoms with Gasteiger partial charge in [0.2, 0.25) is 0 Å². The molecule has 8 heteroatoms. The molecule has 0 radical (unpaired) electrons. The van der Waals surface area contributed by atoms with E-state index in [0.29, 0.717) is 12.1 Å². The highest BCUT2D eigenvalue weighted by atomic mass is 32.2. The van der Waals surface area contributed by atoms with Crippen molar-refractivity contribution in [2.24, 2.45) is 9.98 Å². The molecule has 0 aliphatic heterocycles. The van der Waals surface area contributed by atoms with Crippen LogP contribution in [0.15, 0.2) is 9.98 Å². The Morgan fingerprint density at radius 2 is 1.50 bits per heavy atom. The second-order valence-electron chi connectivity index (χ2n) is 7.97. The number of nitrogens with one attached hydrogen (secondary N) is 3. The van der Waals surface area contributed by atoms with E-state index in [-0.39, 0.29) is 12.1 Å². The zero-order valence-corrected chi connectivity index (χ0v) is 20.3. The third kappa shape index (κ3) is 14.9. The van der Waals surface area contributed by atoms with Crippen molar-refractivity contribution < 1.29 is 4.18 Å². The van der Waals surface area contributed by atoms with Gasteiger partial charge in [0, 0.05) is 49.6 Å². The molecule has 0 heterocycles. The molecule has 0 saturated carbocycles. The average molecular weight is 417 g/mol. The molecule has 0 bridgehead atoms. The third-order valence-electron chi connectivity index (χ3n) is 3.36. The maximum Gasteiger partial charge on any atom is 0.194 e. The maximum atomic E-state index is 5.12. The Morgan fingerprint density at radius 1 is 0.893 bits per heavy atom. The molecule has 0 aromatic rings. The molecule has 0 amide bonds. The predicted molar refractivity (Wildman–Crippen MR) is 125 cm³/mol. The third-order valence-corrected chi connectivity index (χ3v) is 4.05. The van der Waals surface area contributed by atoms with Crippen molar-refractivity contribution >= 4 is 24.0 Å². The molecule has 0 unspecified atom stereocenters. The second kappa shape index (κ2) is 15.7. The lowest BCUT2D eigenvalue weighted by Gasteiger charge is -2.29. The van der Waals surface area contributed by atoms with Crippen LogP contribution in [0.4, 0.5) is 0 Å². The van der Waals surface area contributed by atoms with Crippen LogP contribution in [0.2, 0.25) is 0 Å². The highest BCUT2D eigenvalue weighted by molar-refractivity contribution is 7.94. The van der Waals surface area contributed by atoms with E-state index in [4.69, 9.17) is 9.18 Å². The van der Waals surface area contributed by atoms with Crippen molar-refractivity contribution in [3.63, 3.8) is 0 Å². The Kier molecular flexibility index (Phi) is 15.1. The van der Waals surface area contributed by atoms with Gasteiger partial charge in [-0.05, 0) is 73.9 Å². The summed E-state index contributed by atoms with van der Waals surface area (Å²) in [6.45, 7) is 19.5. The minimum atomic E-state index is 0.241. The Morgan fingerprint density at radius 3 is 2.00 bits per heavy atom. The fourth-order valence-corrected chi connectivity index (χ4v) is 2.82. The second-order valence-corrected chi connectivity index (χ2v) is 8.95. The summed E-state index contributed by atoms with van der Waals surface area (Å²) in [7, 11) is 1.72. The molecule has 0 fully saturated rings. The first-order chi connectivity index (χ1) is 13.1. The average Bonchev–Trinajstić information content (AvgIpc) is 2.54. The summed E-state index contributed by atoms with van der Waals surface area (Å²) in [4.78, 5) is 11.8. The fraction of sp³-hybridized carbons (Fsp3) is 0.900. The number of rotatable bonds is 12. The van der Waals surface area contributed by atoms with Crippen molar-refractivity contribution in [3.05, 3.63) is 0 Å². The van der Waals surface area contributed by atoms with Gasteiger partial charge in [0.25, 0.3) is 0 Å². The molecule has 0 aromatic carbocycles. The molecule has 166 valence electrons. The minimum absolute atomic E-state index is 0.241. The molecular formula is C20H44N6OS. The quantitative estimate of drug-likeness (QED) is 0.196. The molecular weight excluding hydrogens is 372 g/mol. The summed E-state index contributed by atoms with van der Waals surface area (Å²) in [6, 6.07) is 1.16. The van der Waals surface area contributed by atoms with Crippen molar-refractivity contribution in [1.82, 2.24) is 20.9 Å². The predicted octanol–water partition coefficient (Wildman–Crippen LogP) is 3.09. The summed E-state index contributed by atoms with van der Waals surface area (Å²) in [5.41, 5.74) is 0. The van der Waals surface area contributed by atoms with Crippen LogP contribution in [-0.2, 0) is 4.18 Å². The Balaban J connectivity index is 5.07. The molecule has 0 spiro atoms. The number of guanidine groups is 2. The van der Waals surface area contributed by atoms with Crippen LogP contribution in [0.1, 0.15) is 61.8 Å². The van der Waals surface area contributed by atoms with E-state index in [2.05, 4.69) is 81.2 Å². The Hall–Kier alpha value is -1.15. The summed E-state index contributed by atoms with van der Waals surface area (Å²) in [5, 5.41) is 10.4. The van der Waals surface area contributed by atoms with Crippen LogP contribution >= 0.6 is 12.0 Å². The van der Waals surface area contributed by atoms with Gasteiger partial charge in [-0.1, -0.05) is 0 Å². The van der Waals surface area contributed by atoms with Crippen LogP contribution < -0.4 is 16.0 Å². The topological polar surface area (TPSA) is 73.3 Å². The van der Waals surface area contributed by atoms with E-state index in [9.17, 15) is 0 Å². The van der Waals surface area contributed by atoms with Crippen LogP contribution in [0, 0.1) is 0 Å². The van der Waals surface area contributed by atoms with Gasteiger partial charge in [-0.2, -0.15) is 0 Å². The lowest BCUT2D eigenvalue weighted by atomic mass is 10.3. The molecule has 0 aliphatic carbocycles. The molecule has 0 saturated heterocycles. The largest absolute Gasteiger partial charge is 0.355 e. The molecule has 0 rings (SSSR count). The summed E-state index contributed by atoms with van der Waals surface area (Å²) >= 11 is 1.50. The monoisotopic (exact) mass is 416 g/mol. The van der Waals surface area contributed by atoms with Crippen molar-refractivity contribution in [2.45, 2.75) is 86.0 Å². The zero-order valence-electron chi connectivity index (χ0n) is 19.5. The number of aliphatic imine (C=N–C) groups is 2. The molecule has 0 atom stereocenters. The minimum Gasteiger partial charge on any atom is -0.355 e. The van der Waals surface area contributed by atoms with E-state index in [1.807, 2.05) is 0 Å². The van der Waals surface area contributed by atoms with Gasteiger partial charge in [-0.3, -0.25) is 9.98 Å². The first-order valence-corrected chi connectivity index (χ1v) is 11.4. The maximum absolute atomic E-state index is 5.12. The molecule has 28 heavy (non-hydrogen) atoms. The van der Waals surface area contributed by atoms with E-state index in [1.54, 1.807) is 7.11 Å². The number of hydrogen-bond donors (Lipinski definition) is 3. The van der Waals surface area contributed by atoms with Crippen LogP contribution in [0.3, 0.4) is 0 Å². The zero-order chi connectivity index (χ0) is 21.5. The summed E-state index contributed by atoms with van der Waals surface area (Å²) in [5.74, 6) is 2.79. The van der Waals surface area contributed by atoms with Crippen LogP contribution in [0.25, 0.3) is 0 Å². The lowest BCUT2D eigenvalue weighted by molar-refractivity contribution is 0.395. The smallest absolute Gasteiger partial charge is 0.194 e. The standard InChI is InChI=1S/C20H44N6OS/c1-15(2)22-19(23-16(3)4)21-11-13-26(12-10-14-28-27-9)20(24-17(5)6)25-18(7)8/h15-18H,10-14H2,1-9H3,(H,24,25)(H2,21,22,23). The fourth-order valence-electron chi connectivity index (χ4n) is 2.41. The molecule has 7 nitrogen and oxygen atoms in total. The Labute approximate surface area is 177 Å². The van der Waals surface area contributed by atoms with E-state index < -0.39 is 0 Å². The van der Waals surface area contributed by atoms with E-state index in [0.717, 1.165) is 43.7 Å². The molecule has 3 N–H and O–H groups in total. The number of hydrogen-bond acceptors (Lipinski definition) is 4.